The van der Waals surface area contributed by atoms with Crippen molar-refractivity contribution in [3.63, 3.8) is 0 Å². The number of nitrogens with zero attached hydrogens (tertiary/aromatic N) is 1. The number of carbonyl (C=O) groups excluding carboxylic acids is 3. The summed E-state index contributed by atoms with van der Waals surface area (Å²) in [7, 11) is 0. The number of nitrogen functional groups attached to an aromatic ring is 1. The first-order chi connectivity index (χ1) is 23.2. The van der Waals surface area contributed by atoms with Crippen molar-refractivity contribution in [3.8, 4) is 0 Å². The van der Waals surface area contributed by atoms with Crippen LogP contribution >= 0.6 is 0 Å². The van der Waals surface area contributed by atoms with E-state index in [0.717, 1.165) is 21.9 Å². The van der Waals surface area contributed by atoms with Gasteiger partial charge in [0.15, 0.2) is 5.96 Å². The summed E-state index contributed by atoms with van der Waals surface area (Å²) >= 11 is 0. The Labute approximate surface area is 287 Å². The summed E-state index contributed by atoms with van der Waals surface area (Å²) in [6.07, 6.45) is -4.08. The van der Waals surface area contributed by atoms with Crippen LogP contribution in [0.2, 0.25) is 0 Å². The molecule has 3 aromatic carbocycles. The van der Waals surface area contributed by atoms with E-state index in [1.807, 2.05) is 75.4 Å². The van der Waals surface area contributed by atoms with Gasteiger partial charge in [0.1, 0.15) is 17.9 Å². The number of nitrogens with one attached hydrogen (secondary N) is 3. The highest BCUT2D eigenvalue weighted by molar-refractivity contribution is 5.95. The summed E-state index contributed by atoms with van der Waals surface area (Å²) in [5, 5.41) is 22.5. The quantitative estimate of drug-likeness (QED) is 0.0746. The number of aliphatic imine (C=N–C) groups is 1. The number of carboxylic acid groups (broad SMARTS) is 1. The highest BCUT2D eigenvalue weighted by Crippen LogP contribution is 2.28. The van der Waals surface area contributed by atoms with Crippen molar-refractivity contribution in [1.29, 1.82) is 5.41 Å². The molecule has 0 aliphatic carbocycles. The fourth-order valence-corrected chi connectivity index (χ4v) is 4.80. The van der Waals surface area contributed by atoms with Gasteiger partial charge in [-0.05, 0) is 46.6 Å². The summed E-state index contributed by atoms with van der Waals surface area (Å²) in [6.45, 7) is 5.78. The number of hydrogen-bond donors (Lipinski definition) is 8. The second kappa shape index (κ2) is 17.6. The van der Waals surface area contributed by atoms with E-state index in [0.29, 0.717) is 18.4 Å². The van der Waals surface area contributed by atoms with Crippen molar-refractivity contribution >= 4 is 46.3 Å². The van der Waals surface area contributed by atoms with Gasteiger partial charge in [0, 0.05) is 12.1 Å². The third-order valence-electron chi connectivity index (χ3n) is 7.46. The maximum atomic E-state index is 14.0. The molecule has 0 spiro atoms. The highest BCUT2D eigenvalue weighted by Gasteiger charge is 2.38. The summed E-state index contributed by atoms with van der Waals surface area (Å²) < 4.78 is 31.7. The van der Waals surface area contributed by atoms with Gasteiger partial charge in [-0.3, -0.25) is 24.8 Å². The van der Waals surface area contributed by atoms with Gasteiger partial charge >= 0.3 is 12.1 Å². The van der Waals surface area contributed by atoms with Crippen LogP contribution in [0.1, 0.15) is 56.2 Å². The van der Waals surface area contributed by atoms with Gasteiger partial charge in [0.05, 0.1) is 5.92 Å². The lowest BCUT2D eigenvalue weighted by Crippen LogP contribution is -2.58. The Morgan fingerprint density at radius 3 is 1.94 bits per heavy atom. The van der Waals surface area contributed by atoms with E-state index in [1.165, 1.54) is 0 Å². The van der Waals surface area contributed by atoms with E-state index >= 15 is 0 Å². The largest absolute Gasteiger partial charge is 0.490 e. The zero-order valence-corrected chi connectivity index (χ0v) is 27.9. The first-order valence-corrected chi connectivity index (χ1v) is 15.4. The Morgan fingerprint density at radius 2 is 1.44 bits per heavy atom. The van der Waals surface area contributed by atoms with E-state index in [1.54, 1.807) is 12.1 Å². The average molecular weight is 701 g/mol. The molecule has 0 aromatic heterocycles. The number of nitrogens with two attached hydrogens (primary N) is 4. The Morgan fingerprint density at radius 1 is 0.860 bits per heavy atom. The number of benzene rings is 3. The predicted molar refractivity (Wildman–Crippen MR) is 184 cm³/mol. The normalized spacial score (nSPS) is 13.1. The van der Waals surface area contributed by atoms with Gasteiger partial charge in [-0.2, -0.15) is 13.2 Å². The third-order valence-corrected chi connectivity index (χ3v) is 7.46. The molecule has 13 nitrogen and oxygen atoms in total. The summed E-state index contributed by atoms with van der Waals surface area (Å²) in [5.74, 6) is -5.06. The van der Waals surface area contributed by atoms with Crippen molar-refractivity contribution < 1.29 is 37.5 Å². The number of primary amides is 1. The Kier molecular flexibility index (Phi) is 14.3. The van der Waals surface area contributed by atoms with E-state index in [2.05, 4.69) is 15.6 Å². The topological polar surface area (TPSA) is 253 Å². The van der Waals surface area contributed by atoms with Crippen molar-refractivity contribution in [2.45, 2.75) is 64.2 Å². The second-order valence-corrected chi connectivity index (χ2v) is 12.5. The lowest BCUT2D eigenvalue weighted by atomic mass is 9.84. The van der Waals surface area contributed by atoms with E-state index in [9.17, 15) is 27.6 Å². The second-order valence-electron chi connectivity index (χ2n) is 12.5. The fourth-order valence-electron chi connectivity index (χ4n) is 4.80. The van der Waals surface area contributed by atoms with Crippen LogP contribution in [0.25, 0.3) is 10.8 Å². The van der Waals surface area contributed by atoms with Crippen LogP contribution in [0.3, 0.4) is 0 Å². The zero-order valence-electron chi connectivity index (χ0n) is 27.9. The standard InChI is InChI=1S/C32H42N8O3.C2HF3O2/c1-32(2,3)26(30(43)39-25(28(35)41)9-6-16-38-31(36)37)40-29(42)24(17-19-10-12-21(13-11-19)27(33)34)23-15-14-20-7-4-5-8-22(20)18-23;3-2(4,5)1(6)7/h4-5,7-8,10-15,18,24-26H,6,9,16-17H2,1-3H3,(H3,33,34)(H2,35,41)(H,39,43)(H,40,42)(H4,36,37,38);(H,6,7)/t24-,25+,26-;/m1./s1. The lowest BCUT2D eigenvalue weighted by molar-refractivity contribution is -0.192. The van der Waals surface area contributed by atoms with Crippen LogP contribution in [-0.2, 0) is 25.6 Å². The van der Waals surface area contributed by atoms with Crippen LogP contribution in [0, 0.1) is 10.8 Å². The number of guanidine groups is 1. The van der Waals surface area contributed by atoms with Crippen LogP contribution in [0.15, 0.2) is 71.7 Å². The molecule has 12 N–H and O–H groups in total. The molecule has 0 aliphatic heterocycles. The number of amidine groups is 1. The van der Waals surface area contributed by atoms with Crippen LogP contribution in [0.5, 0.6) is 0 Å². The predicted octanol–water partition coefficient (Wildman–Crippen LogP) is 2.64. The molecule has 0 saturated carbocycles. The zero-order chi connectivity index (χ0) is 37.8. The molecular formula is C34H43F3N8O5. The average Bonchev–Trinajstić information content (AvgIpc) is 3.02. The van der Waals surface area contributed by atoms with Gasteiger partial charge < -0.3 is 38.7 Å². The number of fused-ring (bicyclic) bond motifs is 1. The molecule has 0 heterocycles. The maximum Gasteiger partial charge on any atom is 0.490 e. The Bertz CT molecular complexity index is 1700. The van der Waals surface area contributed by atoms with Crippen molar-refractivity contribution in [2.24, 2.45) is 33.3 Å². The summed E-state index contributed by atoms with van der Waals surface area (Å²) in [5.41, 5.74) is 23.4. The number of carbonyl (C=O) groups is 4. The van der Waals surface area contributed by atoms with Crippen LogP contribution in [0.4, 0.5) is 13.2 Å². The van der Waals surface area contributed by atoms with Gasteiger partial charge in [0.2, 0.25) is 17.7 Å². The van der Waals surface area contributed by atoms with E-state index in [-0.39, 0.29) is 30.7 Å². The minimum Gasteiger partial charge on any atom is -0.475 e. The van der Waals surface area contributed by atoms with Crippen molar-refractivity contribution in [3.05, 3.63) is 83.4 Å². The molecule has 3 atom stereocenters. The van der Waals surface area contributed by atoms with E-state index in [4.69, 9.17) is 38.2 Å². The maximum absolute atomic E-state index is 14.0. The molecule has 3 rings (SSSR count). The third kappa shape index (κ3) is 12.7. The molecule has 0 saturated heterocycles. The molecule has 3 aromatic rings. The SMILES string of the molecule is CC(C)(C)[C@H](NC(=O)[C@H](Cc1ccc(C(=N)N)cc1)c1ccc2ccccc2c1)C(=O)N[C@@H](CCCN=C(N)N)C(N)=O.O=C(O)C(F)(F)F. The molecule has 270 valence electrons. The van der Waals surface area contributed by atoms with E-state index < -0.39 is 47.4 Å². The monoisotopic (exact) mass is 700 g/mol. The first kappa shape index (κ1) is 40.5. The minimum atomic E-state index is -5.08. The number of alkyl halides is 3. The molecule has 16 heteroatoms. The van der Waals surface area contributed by atoms with Crippen molar-refractivity contribution in [2.75, 3.05) is 6.54 Å². The molecular weight excluding hydrogens is 657 g/mol. The highest BCUT2D eigenvalue weighted by atomic mass is 19.4. The number of rotatable bonds is 13. The molecule has 0 unspecified atom stereocenters. The molecule has 0 aliphatic rings. The smallest absolute Gasteiger partial charge is 0.475 e. The number of carboxylic acids is 1. The molecule has 50 heavy (non-hydrogen) atoms. The van der Waals surface area contributed by atoms with Crippen LogP contribution < -0.4 is 33.6 Å². The van der Waals surface area contributed by atoms with Gasteiger partial charge in [0.25, 0.3) is 0 Å². The minimum absolute atomic E-state index is 0.0418. The Balaban J connectivity index is 0.00000112. The van der Waals surface area contributed by atoms with Crippen LogP contribution in [-0.4, -0.2) is 65.4 Å². The number of halogens is 3. The molecule has 0 radical (unpaired) electrons. The number of amides is 3. The van der Waals surface area contributed by atoms with Gasteiger partial charge in [-0.1, -0.05) is 87.5 Å². The summed E-state index contributed by atoms with van der Waals surface area (Å²) in [4.78, 5) is 52.5. The molecule has 0 bridgehead atoms. The Hall–Kier alpha value is -5.67. The lowest BCUT2D eigenvalue weighted by Gasteiger charge is -2.33. The molecule has 3 amide bonds. The number of aliphatic carboxylic acids is 1. The van der Waals surface area contributed by atoms with Gasteiger partial charge in [-0.25, -0.2) is 4.79 Å². The fraction of sp³-hybridized carbons (Fsp3) is 0.353. The van der Waals surface area contributed by atoms with Crippen molar-refractivity contribution in [1.82, 2.24) is 10.6 Å². The molecule has 0 fully saturated rings. The summed E-state index contributed by atoms with van der Waals surface area (Å²) in [6, 6.07) is 19.0. The van der Waals surface area contributed by atoms with Gasteiger partial charge in [-0.15, -0.1) is 0 Å². The number of hydrogen-bond acceptors (Lipinski definition) is 6. The first-order valence-electron chi connectivity index (χ1n) is 15.4.